The quantitative estimate of drug-likeness (QED) is 0.187. The van der Waals surface area contributed by atoms with Gasteiger partial charge in [0.25, 0.3) is 5.09 Å². The van der Waals surface area contributed by atoms with Gasteiger partial charge in [0.1, 0.15) is 23.7 Å². The van der Waals surface area contributed by atoms with E-state index in [0.29, 0.717) is 52.9 Å². The summed E-state index contributed by atoms with van der Waals surface area (Å²) in [5, 5.41) is 17.4. The second-order valence-corrected chi connectivity index (χ2v) is 11.3. The highest BCUT2D eigenvalue weighted by molar-refractivity contribution is 7.91. The average Bonchev–Trinajstić information content (AvgIpc) is 3.13. The number of hydrogen-bond acceptors (Lipinski definition) is 8. The molecule has 3 aromatic rings. The Kier molecular flexibility index (Phi) is 8.73. The normalized spacial score (nSPS) is 14.7. The van der Waals surface area contributed by atoms with Crippen LogP contribution in [0.3, 0.4) is 0 Å². The van der Waals surface area contributed by atoms with Gasteiger partial charge >= 0.3 is 0 Å². The molecule has 2 heterocycles. The molecule has 0 saturated heterocycles. The Bertz CT molecular complexity index is 1540. The second-order valence-electron chi connectivity index (χ2n) is 8.79. The molecule has 1 atom stereocenters. The van der Waals surface area contributed by atoms with Gasteiger partial charge in [-0.2, -0.15) is 5.10 Å². The molecule has 204 valence electrons. The van der Waals surface area contributed by atoms with Crippen molar-refractivity contribution in [3.8, 4) is 34.5 Å². The first-order chi connectivity index (χ1) is 18.6. The van der Waals surface area contributed by atoms with Crippen molar-refractivity contribution >= 4 is 27.3 Å². The van der Waals surface area contributed by atoms with Gasteiger partial charge in [0.15, 0.2) is 15.6 Å². The number of rotatable bonds is 8. The summed E-state index contributed by atoms with van der Waals surface area (Å²) in [6.45, 7) is 0.267. The van der Waals surface area contributed by atoms with E-state index in [1.807, 2.05) is 24.3 Å². The molecule has 0 saturated carbocycles. The van der Waals surface area contributed by atoms with E-state index in [0.717, 1.165) is 11.8 Å². The van der Waals surface area contributed by atoms with Crippen LogP contribution in [0.5, 0.6) is 5.75 Å². The van der Waals surface area contributed by atoms with E-state index in [4.69, 9.17) is 21.4 Å². The Labute approximate surface area is 230 Å². The van der Waals surface area contributed by atoms with Gasteiger partial charge in [-0.15, -0.1) is 10.1 Å². The Morgan fingerprint density at radius 1 is 1.28 bits per heavy atom. The number of ether oxygens (including phenoxy) is 1. The molecule has 1 aliphatic rings. The van der Waals surface area contributed by atoms with Gasteiger partial charge in [0, 0.05) is 23.8 Å². The number of nitrogens with one attached hydrogen (secondary N) is 1. The molecule has 4 rings (SSSR count). The number of fused-ring (bicyclic) bond motifs is 1. The van der Waals surface area contributed by atoms with Crippen LogP contribution in [0.4, 0.5) is 0 Å². The Morgan fingerprint density at radius 2 is 2.03 bits per heavy atom. The number of hydrogen-bond donors (Lipinski definition) is 1. The van der Waals surface area contributed by atoms with Gasteiger partial charge in [-0.1, -0.05) is 47.7 Å². The van der Waals surface area contributed by atoms with Crippen LogP contribution < -0.4 is 10.1 Å². The first-order valence-corrected chi connectivity index (χ1v) is 14.4. The molecule has 0 radical (unpaired) electrons. The lowest BCUT2D eigenvalue weighted by atomic mass is 10.0. The largest absolute Gasteiger partial charge is 0.489 e. The number of nitrogens with zero attached hydrogens (tertiary/aromatic N) is 3. The van der Waals surface area contributed by atoms with Crippen LogP contribution >= 0.6 is 11.6 Å². The van der Waals surface area contributed by atoms with Crippen molar-refractivity contribution < 1.29 is 27.9 Å². The maximum absolute atomic E-state index is 12.5. The molecule has 0 bridgehead atoms. The molecule has 1 unspecified atom stereocenters. The minimum atomic E-state index is -3.51. The van der Waals surface area contributed by atoms with Gasteiger partial charge in [-0.3, -0.25) is 4.79 Å². The van der Waals surface area contributed by atoms with Crippen LogP contribution in [0.1, 0.15) is 36.6 Å². The van der Waals surface area contributed by atoms with Crippen molar-refractivity contribution in [2.75, 3.05) is 25.2 Å². The number of amides is 1. The Balaban J connectivity index is 1.73. The van der Waals surface area contributed by atoms with E-state index in [2.05, 4.69) is 22.0 Å². The molecule has 0 fully saturated rings. The number of para-hydroxylation sites is 1. The second kappa shape index (κ2) is 12.2. The molecule has 1 aromatic heterocycles. The van der Waals surface area contributed by atoms with Crippen LogP contribution in [0.25, 0.3) is 16.9 Å². The molecule has 13 heteroatoms. The van der Waals surface area contributed by atoms with Crippen molar-refractivity contribution in [3.63, 3.8) is 0 Å². The first kappa shape index (κ1) is 27.9. The summed E-state index contributed by atoms with van der Waals surface area (Å²) in [4.78, 5) is 27.0. The minimum absolute atomic E-state index is 0.111. The van der Waals surface area contributed by atoms with Gasteiger partial charge in [0.2, 0.25) is 5.91 Å². The zero-order valence-corrected chi connectivity index (χ0v) is 22.5. The number of benzene rings is 2. The van der Waals surface area contributed by atoms with E-state index in [9.17, 15) is 23.3 Å². The zero-order valence-electron chi connectivity index (χ0n) is 20.9. The lowest BCUT2D eigenvalue weighted by molar-refractivity contribution is -0.757. The van der Waals surface area contributed by atoms with Crippen molar-refractivity contribution in [2.45, 2.75) is 25.3 Å². The topological polar surface area (TPSA) is 143 Å². The van der Waals surface area contributed by atoms with Gasteiger partial charge in [0.05, 0.1) is 23.4 Å². The van der Waals surface area contributed by atoms with Gasteiger partial charge in [-0.25, -0.2) is 13.1 Å². The summed E-state index contributed by atoms with van der Waals surface area (Å²) in [7, 11) is -3.51. The smallest absolute Gasteiger partial charge is 0.294 e. The number of sulfone groups is 1. The molecule has 11 nitrogen and oxygen atoms in total. The third-order valence-corrected chi connectivity index (χ3v) is 6.81. The fourth-order valence-corrected chi connectivity index (χ4v) is 4.88. The summed E-state index contributed by atoms with van der Waals surface area (Å²) < 4.78 is 31.1. The van der Waals surface area contributed by atoms with Crippen LogP contribution in [0.2, 0.25) is 5.02 Å². The average molecular weight is 573 g/mol. The fraction of sp³-hybridized carbons (Fsp3) is 0.308. The highest BCUT2D eigenvalue weighted by atomic mass is 35.5. The summed E-state index contributed by atoms with van der Waals surface area (Å²) in [6.07, 6.45) is 2.35. The van der Waals surface area contributed by atoms with Crippen molar-refractivity contribution in [1.29, 1.82) is 0 Å². The van der Waals surface area contributed by atoms with E-state index < -0.39 is 32.6 Å². The summed E-state index contributed by atoms with van der Waals surface area (Å²) in [5.41, 5.74) is 3.12. The van der Waals surface area contributed by atoms with Crippen LogP contribution in [-0.2, 0) is 19.5 Å². The van der Waals surface area contributed by atoms with Gasteiger partial charge in [-0.05, 0) is 37.1 Å². The van der Waals surface area contributed by atoms with Crippen molar-refractivity contribution in [1.82, 2.24) is 15.1 Å². The SMILES string of the molecule is CS(=O)(=O)CC(=O)NC1CCCOc2c1nn(-c1ccccc1Cl)c2-c1ccc(C#CCCO[N+](=O)[O-])cc1. The van der Waals surface area contributed by atoms with Crippen LogP contribution in [-0.4, -0.2) is 54.4 Å². The Morgan fingerprint density at radius 3 is 2.72 bits per heavy atom. The van der Waals surface area contributed by atoms with Crippen molar-refractivity contribution in [2.24, 2.45) is 0 Å². The molecular formula is C26H25ClN4O7S. The zero-order chi connectivity index (χ0) is 28.0. The standard InChI is InChI=1S/C26H25ClN4O7S/c1-39(35,36)17-23(32)28-21-9-6-15-37-26-24(21)29-30(22-10-3-2-8-20(22)27)25(26)19-13-11-18(12-14-19)7-4-5-16-38-31(33)34/h2-3,8,10-14,21H,5-6,9,15-17H2,1H3,(H,28,32). The third kappa shape index (κ3) is 7.28. The lowest BCUT2D eigenvalue weighted by Gasteiger charge is -2.14. The van der Waals surface area contributed by atoms with E-state index in [1.165, 1.54) is 0 Å². The maximum atomic E-state index is 12.5. The number of halogens is 1. The lowest BCUT2D eigenvalue weighted by Crippen LogP contribution is -2.33. The Hall–Kier alpha value is -4.08. The van der Waals surface area contributed by atoms with E-state index >= 15 is 0 Å². The van der Waals surface area contributed by atoms with Crippen LogP contribution in [0.15, 0.2) is 48.5 Å². The van der Waals surface area contributed by atoms with Crippen LogP contribution in [0, 0.1) is 22.0 Å². The summed E-state index contributed by atoms with van der Waals surface area (Å²) in [5.74, 6) is 5.00. The molecule has 1 N–H and O–H groups in total. The molecule has 0 spiro atoms. The number of aromatic nitrogens is 2. The highest BCUT2D eigenvalue weighted by Crippen LogP contribution is 2.41. The summed E-state index contributed by atoms with van der Waals surface area (Å²) in [6, 6.07) is 13.9. The summed E-state index contributed by atoms with van der Waals surface area (Å²) >= 11 is 6.53. The predicted octanol–water partition coefficient (Wildman–Crippen LogP) is 3.52. The number of carbonyl (C=O) groups excluding carboxylic acids is 1. The van der Waals surface area contributed by atoms with E-state index in [-0.39, 0.29) is 13.0 Å². The molecule has 1 aliphatic heterocycles. The molecule has 39 heavy (non-hydrogen) atoms. The molecular weight excluding hydrogens is 548 g/mol. The monoisotopic (exact) mass is 572 g/mol. The molecule has 1 amide bonds. The minimum Gasteiger partial charge on any atom is -0.489 e. The van der Waals surface area contributed by atoms with Gasteiger partial charge < -0.3 is 14.9 Å². The predicted molar refractivity (Wildman–Crippen MR) is 144 cm³/mol. The molecule has 2 aromatic carbocycles. The third-order valence-electron chi connectivity index (χ3n) is 5.70. The van der Waals surface area contributed by atoms with E-state index in [1.54, 1.807) is 28.9 Å². The van der Waals surface area contributed by atoms with Crippen molar-refractivity contribution in [3.05, 3.63) is 74.9 Å². The number of carbonyl (C=O) groups is 1. The first-order valence-electron chi connectivity index (χ1n) is 12.0. The molecule has 0 aliphatic carbocycles. The fourth-order valence-electron chi connectivity index (χ4n) is 4.10. The maximum Gasteiger partial charge on any atom is 0.294 e. The highest BCUT2D eigenvalue weighted by Gasteiger charge is 2.31.